The van der Waals surface area contributed by atoms with Crippen LogP contribution in [0.15, 0.2) is 36.2 Å². The van der Waals surface area contributed by atoms with Crippen LogP contribution in [0.5, 0.6) is 0 Å². The monoisotopic (exact) mass is 196 g/mol. The second-order valence-electron chi connectivity index (χ2n) is 4.23. The van der Waals surface area contributed by atoms with E-state index in [-0.39, 0.29) is 5.83 Å². The molecule has 0 radical (unpaired) electrons. The number of hydrogen-bond acceptors (Lipinski definition) is 0. The third-order valence-electron chi connectivity index (χ3n) is 2.53. The predicted octanol–water partition coefficient (Wildman–Crippen LogP) is 4.65. The van der Waals surface area contributed by atoms with E-state index in [9.17, 15) is 4.39 Å². The molecule has 0 aliphatic heterocycles. The van der Waals surface area contributed by atoms with Crippen molar-refractivity contribution in [3.8, 4) is 0 Å². The lowest BCUT2D eigenvalue weighted by Crippen LogP contribution is -2.07. The fraction of sp³-hybridized carbons (Fsp3) is 0.538. The molecular weight excluding hydrogens is 175 g/mol. The molecule has 0 aliphatic carbocycles. The lowest BCUT2D eigenvalue weighted by molar-refractivity contribution is 0.455. The molecule has 0 aromatic heterocycles. The molecule has 0 rings (SSSR count). The zero-order valence-electron chi connectivity index (χ0n) is 9.73. The molecule has 0 aliphatic rings. The minimum Gasteiger partial charge on any atom is -0.207 e. The molecule has 0 spiro atoms. The van der Waals surface area contributed by atoms with Crippen molar-refractivity contribution >= 4 is 0 Å². The van der Waals surface area contributed by atoms with Crippen LogP contribution in [0.2, 0.25) is 0 Å². The van der Waals surface area contributed by atoms with Gasteiger partial charge in [0.1, 0.15) is 5.83 Å². The molecule has 0 nitrogen and oxygen atoms in total. The van der Waals surface area contributed by atoms with Gasteiger partial charge >= 0.3 is 0 Å². The van der Waals surface area contributed by atoms with Crippen molar-refractivity contribution in [2.75, 3.05) is 0 Å². The maximum atomic E-state index is 13.1. The Bertz CT molecular complexity index is 242. The highest BCUT2D eigenvalue weighted by atomic mass is 19.1. The van der Waals surface area contributed by atoms with E-state index >= 15 is 0 Å². The summed E-state index contributed by atoms with van der Waals surface area (Å²) in [6.07, 6.45) is 2.61. The summed E-state index contributed by atoms with van der Waals surface area (Å²) in [7, 11) is 0. The average Bonchev–Trinajstić information content (AvgIpc) is 2.03. The summed E-state index contributed by atoms with van der Waals surface area (Å²) in [5.74, 6) is 0.506. The Morgan fingerprint density at radius 1 is 1.36 bits per heavy atom. The van der Waals surface area contributed by atoms with E-state index in [1.54, 1.807) is 0 Å². The van der Waals surface area contributed by atoms with E-state index in [0.717, 1.165) is 11.1 Å². The zero-order valence-corrected chi connectivity index (χ0v) is 9.73. The van der Waals surface area contributed by atoms with Crippen LogP contribution in [0.25, 0.3) is 0 Å². The quantitative estimate of drug-likeness (QED) is 0.443. The molecule has 0 aromatic carbocycles. The van der Waals surface area contributed by atoms with Crippen LogP contribution in [-0.2, 0) is 0 Å². The Kier molecular flexibility index (Phi) is 5.44. The molecule has 0 saturated carbocycles. The molecule has 0 heterocycles. The second kappa shape index (κ2) is 5.79. The SMILES string of the molecule is C=CC(CC(C(=C)F)=C(C)C)C(C)C. The van der Waals surface area contributed by atoms with Gasteiger partial charge in [-0.05, 0) is 37.7 Å². The molecule has 0 fully saturated rings. The van der Waals surface area contributed by atoms with Crippen molar-refractivity contribution in [3.05, 3.63) is 36.2 Å². The Morgan fingerprint density at radius 3 is 2.07 bits per heavy atom. The molecule has 1 heteroatoms. The molecule has 80 valence electrons. The first-order chi connectivity index (χ1) is 6.40. The van der Waals surface area contributed by atoms with Gasteiger partial charge in [-0.15, -0.1) is 6.58 Å². The summed E-state index contributed by atoms with van der Waals surface area (Å²) < 4.78 is 13.1. The standard InChI is InChI=1S/C13H21F/c1-7-12(9(2)3)8-13(10(4)5)11(6)14/h7,9,12H,1,6,8H2,2-5H3. The Labute approximate surface area is 87.2 Å². The summed E-state index contributed by atoms with van der Waals surface area (Å²) in [5, 5.41) is 0. The molecule has 0 bridgehead atoms. The molecule has 1 unspecified atom stereocenters. The first-order valence-electron chi connectivity index (χ1n) is 5.03. The molecular formula is C13H21F. The topological polar surface area (TPSA) is 0 Å². The third-order valence-corrected chi connectivity index (χ3v) is 2.53. The molecule has 0 saturated heterocycles. The maximum absolute atomic E-state index is 13.1. The van der Waals surface area contributed by atoms with Gasteiger partial charge in [0.05, 0.1) is 0 Å². The number of halogens is 1. The smallest absolute Gasteiger partial charge is 0.119 e. The van der Waals surface area contributed by atoms with E-state index in [1.165, 1.54) is 0 Å². The van der Waals surface area contributed by atoms with Crippen molar-refractivity contribution < 1.29 is 4.39 Å². The van der Waals surface area contributed by atoms with Crippen molar-refractivity contribution in [2.45, 2.75) is 34.1 Å². The van der Waals surface area contributed by atoms with Crippen LogP contribution < -0.4 is 0 Å². The van der Waals surface area contributed by atoms with Crippen LogP contribution in [0.4, 0.5) is 4.39 Å². The first-order valence-corrected chi connectivity index (χ1v) is 5.03. The lowest BCUT2D eigenvalue weighted by atomic mass is 9.87. The number of allylic oxidation sites excluding steroid dienone is 4. The minimum atomic E-state index is -0.308. The zero-order chi connectivity index (χ0) is 11.3. The van der Waals surface area contributed by atoms with Crippen LogP contribution in [0.3, 0.4) is 0 Å². The molecule has 1 atom stereocenters. The van der Waals surface area contributed by atoms with Crippen LogP contribution >= 0.6 is 0 Å². The van der Waals surface area contributed by atoms with E-state index in [4.69, 9.17) is 0 Å². The average molecular weight is 196 g/mol. The number of rotatable bonds is 5. The highest BCUT2D eigenvalue weighted by molar-refractivity contribution is 5.27. The van der Waals surface area contributed by atoms with Crippen molar-refractivity contribution in [3.63, 3.8) is 0 Å². The third kappa shape index (κ3) is 3.91. The predicted molar refractivity (Wildman–Crippen MR) is 61.8 cm³/mol. The fourth-order valence-corrected chi connectivity index (χ4v) is 1.41. The van der Waals surface area contributed by atoms with E-state index in [0.29, 0.717) is 18.3 Å². The first kappa shape index (κ1) is 13.2. The van der Waals surface area contributed by atoms with Gasteiger partial charge in [0.2, 0.25) is 0 Å². The molecule has 0 N–H and O–H groups in total. The van der Waals surface area contributed by atoms with Gasteiger partial charge in [-0.3, -0.25) is 0 Å². The normalized spacial score (nSPS) is 12.4. The van der Waals surface area contributed by atoms with Gasteiger partial charge in [0, 0.05) is 0 Å². The van der Waals surface area contributed by atoms with Gasteiger partial charge in [0.25, 0.3) is 0 Å². The van der Waals surface area contributed by atoms with Crippen LogP contribution in [0.1, 0.15) is 34.1 Å². The van der Waals surface area contributed by atoms with Gasteiger partial charge in [-0.25, -0.2) is 4.39 Å². The minimum absolute atomic E-state index is 0.308. The van der Waals surface area contributed by atoms with Gasteiger partial charge in [-0.1, -0.05) is 32.1 Å². The van der Waals surface area contributed by atoms with Gasteiger partial charge in [-0.2, -0.15) is 0 Å². The Hall–Kier alpha value is -0.850. The van der Waals surface area contributed by atoms with E-state index < -0.39 is 0 Å². The Balaban J connectivity index is 4.69. The molecule has 0 aromatic rings. The summed E-state index contributed by atoms with van der Waals surface area (Å²) in [6, 6.07) is 0. The van der Waals surface area contributed by atoms with Crippen molar-refractivity contribution in [1.29, 1.82) is 0 Å². The molecule has 14 heavy (non-hydrogen) atoms. The molecule has 0 amide bonds. The van der Waals surface area contributed by atoms with E-state index in [2.05, 4.69) is 27.0 Å². The maximum Gasteiger partial charge on any atom is 0.119 e. The largest absolute Gasteiger partial charge is 0.207 e. The Morgan fingerprint density at radius 2 is 1.86 bits per heavy atom. The van der Waals surface area contributed by atoms with Gasteiger partial charge in [0.15, 0.2) is 0 Å². The van der Waals surface area contributed by atoms with Crippen molar-refractivity contribution in [2.24, 2.45) is 11.8 Å². The summed E-state index contributed by atoms with van der Waals surface area (Å²) in [4.78, 5) is 0. The summed E-state index contributed by atoms with van der Waals surface area (Å²) in [6.45, 7) is 15.2. The van der Waals surface area contributed by atoms with Crippen molar-refractivity contribution in [1.82, 2.24) is 0 Å². The van der Waals surface area contributed by atoms with Crippen LogP contribution in [0, 0.1) is 11.8 Å². The van der Waals surface area contributed by atoms with E-state index in [1.807, 2.05) is 19.9 Å². The van der Waals surface area contributed by atoms with Gasteiger partial charge < -0.3 is 0 Å². The summed E-state index contributed by atoms with van der Waals surface area (Å²) in [5.41, 5.74) is 1.74. The fourth-order valence-electron chi connectivity index (χ4n) is 1.41. The highest BCUT2D eigenvalue weighted by Crippen LogP contribution is 2.27. The summed E-state index contributed by atoms with van der Waals surface area (Å²) >= 11 is 0. The van der Waals surface area contributed by atoms with Crippen LogP contribution in [-0.4, -0.2) is 0 Å². The number of hydrogen-bond donors (Lipinski definition) is 0. The highest BCUT2D eigenvalue weighted by Gasteiger charge is 2.14. The second-order valence-corrected chi connectivity index (χ2v) is 4.23. The lowest BCUT2D eigenvalue weighted by Gasteiger charge is -2.18.